The van der Waals surface area contributed by atoms with Crippen LogP contribution in [0.25, 0.3) is 0 Å². The van der Waals surface area contributed by atoms with E-state index in [4.69, 9.17) is 4.74 Å². The van der Waals surface area contributed by atoms with E-state index >= 15 is 0 Å². The van der Waals surface area contributed by atoms with Gasteiger partial charge in [-0.2, -0.15) is 0 Å². The number of rotatable bonds is 1. The smallest absolute Gasteiger partial charge is 0.410 e. The molecule has 6 heteroatoms. The summed E-state index contributed by atoms with van der Waals surface area (Å²) >= 11 is 1.46. The molecule has 1 aliphatic heterocycles. The van der Waals surface area contributed by atoms with Gasteiger partial charge in [0.05, 0.1) is 11.5 Å². The van der Waals surface area contributed by atoms with Gasteiger partial charge in [0.15, 0.2) is 0 Å². The average Bonchev–Trinajstić information content (AvgIpc) is 2.68. The van der Waals surface area contributed by atoms with E-state index in [2.05, 4.69) is 0 Å². The minimum Gasteiger partial charge on any atom is -0.760 e. The fourth-order valence-corrected chi connectivity index (χ4v) is 2.82. The van der Waals surface area contributed by atoms with Crippen molar-refractivity contribution < 1.29 is 9.53 Å². The number of anilines is 1. The summed E-state index contributed by atoms with van der Waals surface area (Å²) in [7, 11) is 0. The van der Waals surface area contributed by atoms with Crippen molar-refractivity contribution in [2.24, 2.45) is 0 Å². The van der Waals surface area contributed by atoms with Crippen molar-refractivity contribution in [2.75, 3.05) is 12.0 Å². The molecule has 1 aromatic rings. The standard InChI is InChI=1S/C12H17N2O3S/c1-12(2,3)17-11(15)14-5-4-9-8(7-14)6-10(13-16)18-9/h6,13H,4-5,7H2,1-3H3/q-1. The van der Waals surface area contributed by atoms with Crippen molar-refractivity contribution in [3.8, 4) is 0 Å². The highest BCUT2D eigenvalue weighted by Crippen LogP contribution is 2.31. The molecule has 5 nitrogen and oxygen atoms in total. The van der Waals surface area contributed by atoms with E-state index in [1.54, 1.807) is 4.90 Å². The zero-order chi connectivity index (χ0) is 13.3. The Morgan fingerprint density at radius 1 is 1.56 bits per heavy atom. The Balaban J connectivity index is 2.05. The van der Waals surface area contributed by atoms with Crippen LogP contribution in [0.4, 0.5) is 9.80 Å². The molecule has 0 atom stereocenters. The predicted molar refractivity (Wildman–Crippen MR) is 71.7 cm³/mol. The van der Waals surface area contributed by atoms with Gasteiger partial charge >= 0.3 is 6.09 Å². The summed E-state index contributed by atoms with van der Waals surface area (Å²) in [4.78, 5) is 14.8. The summed E-state index contributed by atoms with van der Waals surface area (Å²) in [6.07, 6.45) is 0.483. The van der Waals surface area contributed by atoms with Crippen LogP contribution in [0.1, 0.15) is 31.2 Å². The molecule has 100 valence electrons. The number of nitrogens with zero attached hydrogens (tertiary/aromatic N) is 1. The quantitative estimate of drug-likeness (QED) is 0.796. The monoisotopic (exact) mass is 269 g/mol. The van der Waals surface area contributed by atoms with Crippen LogP contribution in [0, 0.1) is 5.21 Å². The zero-order valence-electron chi connectivity index (χ0n) is 10.8. The molecular weight excluding hydrogens is 252 g/mol. The Morgan fingerprint density at radius 2 is 2.28 bits per heavy atom. The Labute approximate surface area is 110 Å². The van der Waals surface area contributed by atoms with Gasteiger partial charge in [-0.25, -0.2) is 4.79 Å². The second-order valence-electron chi connectivity index (χ2n) is 5.31. The van der Waals surface area contributed by atoms with Gasteiger partial charge in [-0.1, -0.05) is 0 Å². The summed E-state index contributed by atoms with van der Waals surface area (Å²) in [5, 5.41) is 11.2. The summed E-state index contributed by atoms with van der Waals surface area (Å²) in [6.45, 7) is 6.71. The first-order valence-electron chi connectivity index (χ1n) is 5.87. The lowest BCUT2D eigenvalue weighted by atomic mass is 10.1. The number of carbonyl (C=O) groups is 1. The Bertz CT molecular complexity index is 451. The highest BCUT2D eigenvalue weighted by molar-refractivity contribution is 7.16. The highest BCUT2D eigenvalue weighted by atomic mass is 32.1. The van der Waals surface area contributed by atoms with Crippen LogP contribution in [0.5, 0.6) is 0 Å². The predicted octanol–water partition coefficient (Wildman–Crippen LogP) is 2.95. The maximum absolute atomic E-state index is 11.9. The lowest BCUT2D eigenvalue weighted by Gasteiger charge is -2.29. The van der Waals surface area contributed by atoms with Crippen molar-refractivity contribution in [1.82, 2.24) is 4.90 Å². The lowest BCUT2D eigenvalue weighted by Crippen LogP contribution is -2.39. The molecule has 1 N–H and O–H groups in total. The van der Waals surface area contributed by atoms with Gasteiger partial charge < -0.3 is 20.3 Å². The molecule has 2 rings (SSSR count). The molecule has 18 heavy (non-hydrogen) atoms. The number of nitrogens with one attached hydrogen (secondary N) is 1. The molecule has 0 fully saturated rings. The Morgan fingerprint density at radius 3 is 2.89 bits per heavy atom. The van der Waals surface area contributed by atoms with Gasteiger partial charge in [0.2, 0.25) is 0 Å². The first-order valence-corrected chi connectivity index (χ1v) is 6.68. The van der Waals surface area contributed by atoms with Crippen LogP contribution in [-0.4, -0.2) is 23.1 Å². The molecule has 2 heterocycles. The van der Waals surface area contributed by atoms with Crippen LogP contribution < -0.4 is 5.48 Å². The molecule has 1 aliphatic rings. The third kappa shape index (κ3) is 2.94. The largest absolute Gasteiger partial charge is 0.760 e. The second-order valence-corrected chi connectivity index (χ2v) is 6.45. The van der Waals surface area contributed by atoms with Gasteiger partial charge in [0.25, 0.3) is 0 Å². The van der Waals surface area contributed by atoms with Crippen molar-refractivity contribution >= 4 is 22.4 Å². The summed E-state index contributed by atoms with van der Waals surface area (Å²) < 4.78 is 5.34. The van der Waals surface area contributed by atoms with Crippen LogP contribution in [0.2, 0.25) is 0 Å². The maximum atomic E-state index is 11.9. The number of hydrogen-bond donors (Lipinski definition) is 1. The van der Waals surface area contributed by atoms with E-state index in [-0.39, 0.29) is 6.09 Å². The van der Waals surface area contributed by atoms with E-state index in [1.807, 2.05) is 32.3 Å². The third-order valence-corrected chi connectivity index (χ3v) is 3.75. The first kappa shape index (κ1) is 13.2. The molecule has 0 aliphatic carbocycles. The number of carbonyl (C=O) groups excluding carboxylic acids is 1. The van der Waals surface area contributed by atoms with Crippen molar-refractivity contribution in [2.45, 2.75) is 39.3 Å². The van der Waals surface area contributed by atoms with Crippen LogP contribution in [0.3, 0.4) is 0 Å². The Hall–Kier alpha value is -1.27. The van der Waals surface area contributed by atoms with Gasteiger partial charge in [0, 0.05) is 11.4 Å². The van der Waals surface area contributed by atoms with E-state index in [0.29, 0.717) is 18.1 Å². The molecule has 0 unspecified atom stereocenters. The molecule has 0 spiro atoms. The molecule has 1 aromatic heterocycles. The van der Waals surface area contributed by atoms with Crippen LogP contribution >= 0.6 is 11.3 Å². The molecule has 0 aromatic carbocycles. The van der Waals surface area contributed by atoms with Gasteiger partial charge in [0.1, 0.15) is 5.60 Å². The molecular formula is C12H17N2O3S-. The number of ether oxygens (including phenoxy) is 1. The summed E-state index contributed by atoms with van der Waals surface area (Å²) in [6, 6.07) is 1.81. The lowest BCUT2D eigenvalue weighted by molar-refractivity contribution is 0.0225. The zero-order valence-corrected chi connectivity index (χ0v) is 11.6. The molecule has 0 saturated carbocycles. The number of thiophene rings is 1. The van der Waals surface area contributed by atoms with E-state index in [0.717, 1.165) is 12.0 Å². The molecule has 0 radical (unpaired) electrons. The van der Waals surface area contributed by atoms with Crippen LogP contribution in [-0.2, 0) is 17.7 Å². The van der Waals surface area contributed by atoms with E-state index < -0.39 is 5.60 Å². The first-order chi connectivity index (χ1) is 8.39. The van der Waals surface area contributed by atoms with Crippen molar-refractivity contribution in [3.05, 3.63) is 21.7 Å². The maximum Gasteiger partial charge on any atom is 0.410 e. The number of amides is 1. The van der Waals surface area contributed by atoms with E-state index in [9.17, 15) is 10.0 Å². The normalized spacial score (nSPS) is 15.2. The highest BCUT2D eigenvalue weighted by Gasteiger charge is 2.26. The summed E-state index contributed by atoms with van der Waals surface area (Å²) in [5.41, 5.74) is 2.46. The van der Waals surface area contributed by atoms with Gasteiger partial charge in [-0.05, 0) is 38.8 Å². The fourth-order valence-electron chi connectivity index (χ4n) is 1.87. The minimum absolute atomic E-state index is 0.295. The SMILES string of the molecule is CC(C)(C)OC(=O)N1CCc2sc(N[O-])cc2C1. The molecule has 0 saturated heterocycles. The molecule has 0 bridgehead atoms. The minimum atomic E-state index is -0.478. The average molecular weight is 269 g/mol. The fraction of sp³-hybridized carbons (Fsp3) is 0.583. The van der Waals surface area contributed by atoms with Gasteiger partial charge in [-0.3, -0.25) is 0 Å². The van der Waals surface area contributed by atoms with Crippen molar-refractivity contribution in [1.29, 1.82) is 0 Å². The summed E-state index contributed by atoms with van der Waals surface area (Å²) in [5.74, 6) is 0. The third-order valence-electron chi connectivity index (χ3n) is 2.62. The second kappa shape index (κ2) is 4.78. The Kier molecular flexibility index (Phi) is 3.49. The van der Waals surface area contributed by atoms with Gasteiger partial charge in [-0.15, -0.1) is 11.3 Å². The van der Waals surface area contributed by atoms with E-state index in [1.165, 1.54) is 16.2 Å². The number of hydrogen-bond acceptors (Lipinski definition) is 5. The molecule has 1 amide bonds. The number of fused-ring (bicyclic) bond motifs is 1. The van der Waals surface area contributed by atoms with Crippen molar-refractivity contribution in [3.63, 3.8) is 0 Å². The topological polar surface area (TPSA) is 64.6 Å². The van der Waals surface area contributed by atoms with Crippen LogP contribution in [0.15, 0.2) is 6.07 Å².